The van der Waals surface area contributed by atoms with E-state index in [0.717, 1.165) is 6.42 Å². The second-order valence-electron chi connectivity index (χ2n) is 3.61. The average molecular weight is 196 g/mol. The summed E-state index contributed by atoms with van der Waals surface area (Å²) >= 11 is 0. The summed E-state index contributed by atoms with van der Waals surface area (Å²) in [7, 11) is -3.01. The molecule has 1 aromatic rings. The molecule has 1 aliphatic carbocycles. The molecule has 2 unspecified atom stereocenters. The summed E-state index contributed by atoms with van der Waals surface area (Å²) < 4.78 is 23.6. The Hall–Kier alpha value is -0.830. The molecule has 1 aliphatic rings. The van der Waals surface area contributed by atoms with Crippen molar-refractivity contribution in [1.82, 2.24) is 0 Å². The van der Waals surface area contributed by atoms with Crippen LogP contribution in [-0.2, 0) is 9.84 Å². The van der Waals surface area contributed by atoms with Gasteiger partial charge >= 0.3 is 0 Å². The molecule has 0 heterocycles. The van der Waals surface area contributed by atoms with Gasteiger partial charge in [0.1, 0.15) is 0 Å². The predicted octanol–water partition coefficient (Wildman–Crippen LogP) is 1.87. The zero-order valence-electron chi connectivity index (χ0n) is 7.47. The molecule has 1 saturated carbocycles. The summed E-state index contributed by atoms with van der Waals surface area (Å²) in [6, 6.07) is 8.69. The number of rotatable bonds is 2. The Kier molecular flexibility index (Phi) is 1.91. The van der Waals surface area contributed by atoms with Crippen molar-refractivity contribution in [3.05, 3.63) is 30.3 Å². The molecule has 0 aliphatic heterocycles. The highest BCUT2D eigenvalue weighted by Crippen LogP contribution is 2.39. The van der Waals surface area contributed by atoms with Gasteiger partial charge in [0.15, 0.2) is 9.84 Å². The van der Waals surface area contributed by atoms with Gasteiger partial charge in [0, 0.05) is 0 Å². The first-order chi connectivity index (χ1) is 6.12. The molecule has 0 N–H and O–H groups in total. The molecule has 0 spiro atoms. The topological polar surface area (TPSA) is 34.1 Å². The molecule has 3 heteroatoms. The van der Waals surface area contributed by atoms with Gasteiger partial charge in [0.05, 0.1) is 10.1 Å². The molecular formula is C10H12O2S. The van der Waals surface area contributed by atoms with Gasteiger partial charge in [0.25, 0.3) is 0 Å². The van der Waals surface area contributed by atoms with E-state index >= 15 is 0 Å². The fourth-order valence-corrected chi connectivity index (χ4v) is 3.56. The normalized spacial score (nSPS) is 27.2. The van der Waals surface area contributed by atoms with Crippen LogP contribution in [0.4, 0.5) is 0 Å². The van der Waals surface area contributed by atoms with Crippen LogP contribution in [0.5, 0.6) is 0 Å². The zero-order valence-corrected chi connectivity index (χ0v) is 8.29. The Morgan fingerprint density at radius 2 is 1.77 bits per heavy atom. The summed E-state index contributed by atoms with van der Waals surface area (Å²) in [5, 5.41) is -0.130. The Labute approximate surface area is 78.5 Å². The van der Waals surface area contributed by atoms with E-state index < -0.39 is 9.84 Å². The van der Waals surface area contributed by atoms with Crippen molar-refractivity contribution < 1.29 is 8.42 Å². The lowest BCUT2D eigenvalue weighted by molar-refractivity contribution is 0.593. The lowest BCUT2D eigenvalue weighted by Crippen LogP contribution is -2.08. The van der Waals surface area contributed by atoms with Crippen molar-refractivity contribution >= 4 is 9.84 Å². The van der Waals surface area contributed by atoms with Crippen molar-refractivity contribution in [3.8, 4) is 0 Å². The van der Waals surface area contributed by atoms with E-state index in [4.69, 9.17) is 0 Å². The average Bonchev–Trinajstić information content (AvgIpc) is 2.85. The van der Waals surface area contributed by atoms with Gasteiger partial charge < -0.3 is 0 Å². The number of hydrogen-bond donors (Lipinski definition) is 0. The van der Waals surface area contributed by atoms with E-state index in [-0.39, 0.29) is 5.25 Å². The maximum Gasteiger partial charge on any atom is 0.181 e. The minimum absolute atomic E-state index is 0.130. The van der Waals surface area contributed by atoms with E-state index in [2.05, 4.69) is 0 Å². The third-order valence-corrected chi connectivity index (χ3v) is 4.89. The molecule has 0 bridgehead atoms. The van der Waals surface area contributed by atoms with Crippen LogP contribution in [0.3, 0.4) is 0 Å². The van der Waals surface area contributed by atoms with Gasteiger partial charge in [-0.3, -0.25) is 0 Å². The first-order valence-electron chi connectivity index (χ1n) is 4.41. The first kappa shape index (κ1) is 8.75. The zero-order chi connectivity index (χ0) is 9.47. The van der Waals surface area contributed by atoms with Crippen LogP contribution >= 0.6 is 0 Å². The minimum Gasteiger partial charge on any atom is -0.223 e. The molecule has 0 amide bonds. The van der Waals surface area contributed by atoms with E-state index in [1.807, 2.05) is 13.0 Å². The van der Waals surface area contributed by atoms with Gasteiger partial charge in [-0.05, 0) is 24.5 Å². The van der Waals surface area contributed by atoms with E-state index in [1.54, 1.807) is 24.3 Å². The SMILES string of the molecule is CC1CC1S(=O)(=O)c1ccccc1. The Morgan fingerprint density at radius 3 is 2.23 bits per heavy atom. The van der Waals surface area contributed by atoms with Gasteiger partial charge in [-0.25, -0.2) is 8.42 Å². The second kappa shape index (κ2) is 2.84. The van der Waals surface area contributed by atoms with Gasteiger partial charge in [0.2, 0.25) is 0 Å². The maximum atomic E-state index is 11.8. The van der Waals surface area contributed by atoms with Crippen LogP contribution in [-0.4, -0.2) is 13.7 Å². The Morgan fingerprint density at radius 1 is 1.23 bits per heavy atom. The number of hydrogen-bond acceptors (Lipinski definition) is 2. The van der Waals surface area contributed by atoms with Crippen molar-refractivity contribution in [2.24, 2.45) is 5.92 Å². The predicted molar refractivity (Wildman–Crippen MR) is 51.2 cm³/mol. The highest BCUT2D eigenvalue weighted by Gasteiger charge is 2.44. The van der Waals surface area contributed by atoms with Gasteiger partial charge in [-0.15, -0.1) is 0 Å². The third-order valence-electron chi connectivity index (χ3n) is 2.51. The van der Waals surface area contributed by atoms with E-state index in [0.29, 0.717) is 10.8 Å². The quantitative estimate of drug-likeness (QED) is 0.723. The summed E-state index contributed by atoms with van der Waals surface area (Å²) in [6.45, 7) is 1.98. The molecule has 70 valence electrons. The fourth-order valence-electron chi connectivity index (χ4n) is 1.51. The van der Waals surface area contributed by atoms with Crippen LogP contribution in [0.1, 0.15) is 13.3 Å². The lowest BCUT2D eigenvalue weighted by atomic mass is 10.4. The molecule has 0 radical (unpaired) electrons. The van der Waals surface area contributed by atoms with Crippen molar-refractivity contribution in [3.63, 3.8) is 0 Å². The summed E-state index contributed by atoms with van der Waals surface area (Å²) in [4.78, 5) is 0.462. The molecule has 0 saturated heterocycles. The Balaban J connectivity index is 2.36. The smallest absolute Gasteiger partial charge is 0.181 e. The fraction of sp³-hybridized carbons (Fsp3) is 0.400. The monoisotopic (exact) mass is 196 g/mol. The van der Waals surface area contributed by atoms with Crippen molar-refractivity contribution in [2.45, 2.75) is 23.5 Å². The van der Waals surface area contributed by atoms with Crippen molar-refractivity contribution in [1.29, 1.82) is 0 Å². The van der Waals surface area contributed by atoms with Crippen LogP contribution in [0.2, 0.25) is 0 Å². The summed E-state index contributed by atoms with van der Waals surface area (Å²) in [5.41, 5.74) is 0. The maximum absolute atomic E-state index is 11.8. The van der Waals surface area contributed by atoms with Crippen LogP contribution in [0.15, 0.2) is 35.2 Å². The molecule has 2 nitrogen and oxygen atoms in total. The van der Waals surface area contributed by atoms with E-state index in [1.165, 1.54) is 0 Å². The largest absolute Gasteiger partial charge is 0.223 e. The van der Waals surface area contributed by atoms with E-state index in [9.17, 15) is 8.42 Å². The van der Waals surface area contributed by atoms with Crippen molar-refractivity contribution in [2.75, 3.05) is 0 Å². The van der Waals surface area contributed by atoms with Gasteiger partial charge in [-0.1, -0.05) is 25.1 Å². The first-order valence-corrected chi connectivity index (χ1v) is 5.96. The highest BCUT2D eigenvalue weighted by atomic mass is 32.2. The third kappa shape index (κ3) is 1.48. The highest BCUT2D eigenvalue weighted by molar-refractivity contribution is 7.92. The summed E-state index contributed by atoms with van der Waals surface area (Å²) in [6.07, 6.45) is 0.817. The Bertz CT molecular complexity index is 394. The van der Waals surface area contributed by atoms with Crippen LogP contribution in [0, 0.1) is 5.92 Å². The molecule has 1 fully saturated rings. The van der Waals surface area contributed by atoms with Gasteiger partial charge in [-0.2, -0.15) is 0 Å². The van der Waals surface area contributed by atoms with Crippen LogP contribution < -0.4 is 0 Å². The standard InChI is InChI=1S/C10H12O2S/c1-8-7-10(8)13(11,12)9-5-3-2-4-6-9/h2-6,8,10H,7H2,1H3. The lowest BCUT2D eigenvalue weighted by Gasteiger charge is -2.01. The molecule has 1 aromatic carbocycles. The molecule has 2 atom stereocenters. The molecule has 0 aromatic heterocycles. The molecule has 13 heavy (non-hydrogen) atoms. The number of sulfone groups is 1. The summed E-state index contributed by atoms with van der Waals surface area (Å²) in [5.74, 6) is 0.338. The molecular weight excluding hydrogens is 184 g/mol. The second-order valence-corrected chi connectivity index (χ2v) is 5.78. The van der Waals surface area contributed by atoms with Crippen LogP contribution in [0.25, 0.3) is 0 Å². The number of benzene rings is 1. The minimum atomic E-state index is -3.01. The molecule has 2 rings (SSSR count).